The van der Waals surface area contributed by atoms with Crippen LogP contribution in [-0.2, 0) is 0 Å². The number of phenolic OH excluding ortho intramolecular Hbond substituents is 1. The molecule has 0 radical (unpaired) electrons. The van der Waals surface area contributed by atoms with Crippen molar-refractivity contribution >= 4 is 0 Å². The van der Waals surface area contributed by atoms with Gasteiger partial charge in [-0.15, -0.1) is 0 Å². The van der Waals surface area contributed by atoms with Crippen molar-refractivity contribution in [3.63, 3.8) is 0 Å². The lowest BCUT2D eigenvalue weighted by molar-refractivity contribution is 0.389. The van der Waals surface area contributed by atoms with Crippen LogP contribution in [0, 0.1) is 13.8 Å². The standard InChI is InChI=1S/C15H20N2O2/c1-9(13-6-5-7-14(18)8-13)16-10(2)15-11(3)17-19-12(15)4/h5-10,16,18H,1-4H3. The second-order valence-electron chi connectivity index (χ2n) is 4.94. The van der Waals surface area contributed by atoms with Crippen LogP contribution in [0.15, 0.2) is 28.8 Å². The maximum atomic E-state index is 9.52. The van der Waals surface area contributed by atoms with Crippen molar-refractivity contribution in [2.24, 2.45) is 0 Å². The third-order valence-electron chi connectivity index (χ3n) is 3.39. The van der Waals surface area contributed by atoms with Gasteiger partial charge in [-0.1, -0.05) is 17.3 Å². The summed E-state index contributed by atoms with van der Waals surface area (Å²) in [5.41, 5.74) is 3.08. The van der Waals surface area contributed by atoms with Crippen LogP contribution in [0.25, 0.3) is 0 Å². The summed E-state index contributed by atoms with van der Waals surface area (Å²) in [6.45, 7) is 8.03. The predicted octanol–water partition coefficient (Wildman–Crippen LogP) is 3.41. The Balaban J connectivity index is 2.13. The van der Waals surface area contributed by atoms with E-state index in [2.05, 4.69) is 24.3 Å². The number of aromatic hydroxyl groups is 1. The van der Waals surface area contributed by atoms with Gasteiger partial charge in [0, 0.05) is 17.6 Å². The van der Waals surface area contributed by atoms with Crippen LogP contribution in [0.1, 0.15) is 48.5 Å². The van der Waals surface area contributed by atoms with E-state index in [0.29, 0.717) is 0 Å². The Kier molecular flexibility index (Phi) is 3.90. The van der Waals surface area contributed by atoms with E-state index in [1.54, 1.807) is 12.1 Å². The van der Waals surface area contributed by atoms with E-state index >= 15 is 0 Å². The molecule has 0 bridgehead atoms. The van der Waals surface area contributed by atoms with Gasteiger partial charge >= 0.3 is 0 Å². The van der Waals surface area contributed by atoms with Crippen molar-refractivity contribution in [2.75, 3.05) is 0 Å². The van der Waals surface area contributed by atoms with Crippen LogP contribution in [0.5, 0.6) is 5.75 Å². The lowest BCUT2D eigenvalue weighted by Gasteiger charge is -2.20. The highest BCUT2D eigenvalue weighted by atomic mass is 16.5. The molecule has 0 saturated heterocycles. The van der Waals surface area contributed by atoms with E-state index < -0.39 is 0 Å². The largest absolute Gasteiger partial charge is 0.508 e. The van der Waals surface area contributed by atoms with Crippen molar-refractivity contribution in [1.29, 1.82) is 0 Å². The predicted molar refractivity (Wildman–Crippen MR) is 74.0 cm³/mol. The number of aromatic nitrogens is 1. The second kappa shape index (κ2) is 5.45. The normalized spacial score (nSPS) is 14.3. The highest BCUT2D eigenvalue weighted by Crippen LogP contribution is 2.25. The molecule has 2 N–H and O–H groups in total. The average Bonchev–Trinajstić information content (AvgIpc) is 2.69. The molecule has 0 amide bonds. The van der Waals surface area contributed by atoms with E-state index in [4.69, 9.17) is 4.52 Å². The van der Waals surface area contributed by atoms with Crippen LogP contribution >= 0.6 is 0 Å². The summed E-state index contributed by atoms with van der Waals surface area (Å²) in [5, 5.41) is 17.0. The van der Waals surface area contributed by atoms with Crippen molar-refractivity contribution < 1.29 is 9.63 Å². The molecule has 4 nitrogen and oxygen atoms in total. The van der Waals surface area contributed by atoms with Crippen LogP contribution in [-0.4, -0.2) is 10.3 Å². The Morgan fingerprint density at radius 1 is 1.21 bits per heavy atom. The van der Waals surface area contributed by atoms with Gasteiger partial charge in [0.1, 0.15) is 11.5 Å². The molecule has 102 valence electrons. The van der Waals surface area contributed by atoms with Gasteiger partial charge in [-0.3, -0.25) is 0 Å². The van der Waals surface area contributed by atoms with Crippen molar-refractivity contribution in [2.45, 2.75) is 39.8 Å². The minimum Gasteiger partial charge on any atom is -0.508 e. The van der Waals surface area contributed by atoms with E-state index in [1.165, 1.54) is 0 Å². The fourth-order valence-electron chi connectivity index (χ4n) is 2.46. The third-order valence-corrected chi connectivity index (χ3v) is 3.39. The Hall–Kier alpha value is -1.81. The lowest BCUT2D eigenvalue weighted by Crippen LogP contribution is -2.23. The van der Waals surface area contributed by atoms with Gasteiger partial charge in [0.15, 0.2) is 0 Å². The fraction of sp³-hybridized carbons (Fsp3) is 0.400. The van der Waals surface area contributed by atoms with Crippen molar-refractivity contribution in [3.05, 3.63) is 46.8 Å². The molecule has 2 aromatic rings. The Morgan fingerprint density at radius 3 is 2.53 bits per heavy atom. The molecule has 1 aromatic carbocycles. The van der Waals surface area contributed by atoms with Gasteiger partial charge in [-0.05, 0) is 45.4 Å². The number of rotatable bonds is 4. The molecule has 2 atom stereocenters. The molecule has 2 rings (SSSR count). The number of phenols is 1. The van der Waals surface area contributed by atoms with Crippen LogP contribution in [0.3, 0.4) is 0 Å². The zero-order valence-electron chi connectivity index (χ0n) is 11.8. The molecule has 0 fully saturated rings. The lowest BCUT2D eigenvalue weighted by atomic mass is 10.0. The van der Waals surface area contributed by atoms with Gasteiger partial charge < -0.3 is 14.9 Å². The van der Waals surface area contributed by atoms with Crippen molar-refractivity contribution in [1.82, 2.24) is 10.5 Å². The quantitative estimate of drug-likeness (QED) is 0.884. The van der Waals surface area contributed by atoms with Gasteiger partial charge in [0.05, 0.1) is 5.69 Å². The Bertz CT molecular complexity index is 544. The molecule has 0 aliphatic carbocycles. The minimum absolute atomic E-state index is 0.135. The third kappa shape index (κ3) is 2.96. The molecule has 0 spiro atoms. The van der Waals surface area contributed by atoms with Gasteiger partial charge in [-0.2, -0.15) is 0 Å². The zero-order chi connectivity index (χ0) is 14.0. The molecule has 1 aromatic heterocycles. The first kappa shape index (κ1) is 13.6. The minimum atomic E-state index is 0.135. The molecular weight excluding hydrogens is 240 g/mol. The Labute approximate surface area is 113 Å². The highest BCUT2D eigenvalue weighted by molar-refractivity contribution is 5.30. The topological polar surface area (TPSA) is 58.3 Å². The van der Waals surface area contributed by atoms with E-state index in [-0.39, 0.29) is 17.8 Å². The summed E-state index contributed by atoms with van der Waals surface area (Å²) in [6, 6.07) is 7.58. The molecule has 2 unspecified atom stereocenters. The summed E-state index contributed by atoms with van der Waals surface area (Å²) in [4.78, 5) is 0. The summed E-state index contributed by atoms with van der Waals surface area (Å²) in [6.07, 6.45) is 0. The zero-order valence-corrected chi connectivity index (χ0v) is 11.8. The number of nitrogens with one attached hydrogen (secondary N) is 1. The average molecular weight is 260 g/mol. The first-order valence-electron chi connectivity index (χ1n) is 6.46. The molecule has 0 aliphatic rings. The van der Waals surface area contributed by atoms with Crippen LogP contribution < -0.4 is 5.32 Å². The van der Waals surface area contributed by atoms with Gasteiger partial charge in [0.2, 0.25) is 0 Å². The van der Waals surface area contributed by atoms with Crippen LogP contribution in [0.4, 0.5) is 0 Å². The first-order chi connectivity index (χ1) is 8.99. The molecule has 0 saturated carbocycles. The van der Waals surface area contributed by atoms with Crippen molar-refractivity contribution in [3.8, 4) is 5.75 Å². The van der Waals surface area contributed by atoms with E-state index in [9.17, 15) is 5.11 Å². The Morgan fingerprint density at radius 2 is 1.95 bits per heavy atom. The van der Waals surface area contributed by atoms with Gasteiger partial charge in [-0.25, -0.2) is 0 Å². The summed E-state index contributed by atoms with van der Waals surface area (Å²) >= 11 is 0. The molecule has 0 aliphatic heterocycles. The number of hydrogen-bond donors (Lipinski definition) is 2. The summed E-state index contributed by atoms with van der Waals surface area (Å²) in [7, 11) is 0. The maximum Gasteiger partial charge on any atom is 0.138 e. The first-order valence-corrected chi connectivity index (χ1v) is 6.46. The maximum absolute atomic E-state index is 9.52. The van der Waals surface area contributed by atoms with E-state index in [0.717, 1.165) is 22.6 Å². The SMILES string of the molecule is Cc1noc(C)c1C(C)NC(C)c1cccc(O)c1. The van der Waals surface area contributed by atoms with Gasteiger partial charge in [0.25, 0.3) is 0 Å². The summed E-state index contributed by atoms with van der Waals surface area (Å²) in [5.74, 6) is 1.14. The number of aryl methyl sites for hydroxylation is 2. The van der Waals surface area contributed by atoms with E-state index in [1.807, 2.05) is 26.0 Å². The molecular formula is C15H20N2O2. The fourth-order valence-corrected chi connectivity index (χ4v) is 2.46. The molecule has 1 heterocycles. The summed E-state index contributed by atoms with van der Waals surface area (Å²) < 4.78 is 5.19. The monoisotopic (exact) mass is 260 g/mol. The number of hydrogen-bond acceptors (Lipinski definition) is 4. The second-order valence-corrected chi connectivity index (χ2v) is 4.94. The number of nitrogens with zero attached hydrogens (tertiary/aromatic N) is 1. The highest BCUT2D eigenvalue weighted by Gasteiger charge is 2.18. The number of benzene rings is 1. The van der Waals surface area contributed by atoms with Crippen LogP contribution in [0.2, 0.25) is 0 Å². The smallest absolute Gasteiger partial charge is 0.138 e. The molecule has 19 heavy (non-hydrogen) atoms. The molecule has 4 heteroatoms.